The van der Waals surface area contributed by atoms with Crippen molar-refractivity contribution in [2.24, 2.45) is 4.99 Å². The summed E-state index contributed by atoms with van der Waals surface area (Å²) in [6.45, 7) is 6.30. The summed E-state index contributed by atoms with van der Waals surface area (Å²) in [6.07, 6.45) is 0. The molecule has 2 aromatic carbocycles. The molecule has 2 N–H and O–H groups in total. The molecule has 0 bridgehead atoms. The van der Waals surface area contributed by atoms with Gasteiger partial charge in [-0.2, -0.15) is 0 Å². The highest BCUT2D eigenvalue weighted by molar-refractivity contribution is 5.85. The molecule has 3 rings (SSSR count). The molecule has 0 saturated carbocycles. The van der Waals surface area contributed by atoms with Crippen molar-refractivity contribution in [3.8, 4) is 5.75 Å². The lowest BCUT2D eigenvalue weighted by molar-refractivity contribution is 0.0389. The summed E-state index contributed by atoms with van der Waals surface area (Å²) in [5.41, 5.74) is 1.22. The van der Waals surface area contributed by atoms with Gasteiger partial charge < -0.3 is 20.1 Å². The van der Waals surface area contributed by atoms with Crippen LogP contribution < -0.4 is 15.4 Å². The summed E-state index contributed by atoms with van der Waals surface area (Å²) in [5.74, 6) is 1.71. The molecule has 1 aliphatic heterocycles. The number of nitrogens with zero attached hydrogens (tertiary/aromatic N) is 2. The molecule has 0 aromatic heterocycles. The zero-order valence-corrected chi connectivity index (χ0v) is 15.6. The average Bonchev–Trinajstić information content (AvgIpc) is 2.70. The summed E-state index contributed by atoms with van der Waals surface area (Å²) in [5, 5.41) is 9.15. The zero-order valence-electron chi connectivity index (χ0n) is 15.6. The maximum atomic E-state index is 5.37. The van der Waals surface area contributed by atoms with Crippen LogP contribution in [0.3, 0.4) is 0 Å². The Kier molecular flexibility index (Phi) is 6.68. The molecular weight excluding hydrogens is 328 g/mol. The van der Waals surface area contributed by atoms with Crippen LogP contribution in [0, 0.1) is 0 Å². The number of hydrogen-bond acceptors (Lipinski definition) is 4. The maximum Gasteiger partial charge on any atom is 0.191 e. The Morgan fingerprint density at radius 3 is 2.65 bits per heavy atom. The Bertz CT molecular complexity index is 742. The quantitative estimate of drug-likeness (QED) is 0.611. The second-order valence-electron chi connectivity index (χ2n) is 6.35. The molecule has 26 heavy (non-hydrogen) atoms. The summed E-state index contributed by atoms with van der Waals surface area (Å²) >= 11 is 0. The molecular formula is C20H28N4O2. The van der Waals surface area contributed by atoms with Gasteiger partial charge in [-0.15, -0.1) is 0 Å². The molecule has 0 radical (unpaired) electrons. The first-order valence-corrected chi connectivity index (χ1v) is 9.10. The van der Waals surface area contributed by atoms with Gasteiger partial charge in [-0.05, 0) is 34.5 Å². The van der Waals surface area contributed by atoms with Crippen LogP contribution in [0.1, 0.15) is 5.56 Å². The highest BCUT2D eigenvalue weighted by Crippen LogP contribution is 2.21. The highest BCUT2D eigenvalue weighted by Gasteiger charge is 2.09. The van der Waals surface area contributed by atoms with Gasteiger partial charge in [0.15, 0.2) is 5.96 Å². The summed E-state index contributed by atoms with van der Waals surface area (Å²) in [4.78, 5) is 6.71. The van der Waals surface area contributed by atoms with Crippen LogP contribution in [0.2, 0.25) is 0 Å². The summed E-state index contributed by atoms with van der Waals surface area (Å²) < 4.78 is 10.7. The zero-order chi connectivity index (χ0) is 18.2. The molecule has 0 spiro atoms. The molecule has 6 nitrogen and oxygen atoms in total. The Labute approximate surface area is 155 Å². The second-order valence-corrected chi connectivity index (χ2v) is 6.35. The Hall–Kier alpha value is -2.31. The van der Waals surface area contributed by atoms with Gasteiger partial charge in [0.05, 0.1) is 20.3 Å². The standard InChI is InChI=1S/C20H28N4O2/c1-21-20(22-7-8-24-9-11-26-12-10-24)23-15-16-3-4-18-14-19(25-2)6-5-17(18)13-16/h3-6,13-14H,7-12,15H2,1-2H3,(H2,21,22,23). The van der Waals surface area contributed by atoms with Crippen molar-refractivity contribution < 1.29 is 9.47 Å². The van der Waals surface area contributed by atoms with Crippen LogP contribution in [0.5, 0.6) is 5.75 Å². The summed E-state index contributed by atoms with van der Waals surface area (Å²) in [6, 6.07) is 12.6. The van der Waals surface area contributed by atoms with Gasteiger partial charge in [-0.1, -0.05) is 18.2 Å². The number of benzene rings is 2. The normalized spacial score (nSPS) is 15.8. The van der Waals surface area contributed by atoms with Crippen LogP contribution in [0.4, 0.5) is 0 Å². The predicted molar refractivity (Wildman–Crippen MR) is 106 cm³/mol. The molecule has 1 saturated heterocycles. The van der Waals surface area contributed by atoms with Crippen molar-refractivity contribution >= 4 is 16.7 Å². The van der Waals surface area contributed by atoms with E-state index in [2.05, 4.69) is 50.9 Å². The smallest absolute Gasteiger partial charge is 0.191 e. The third kappa shape index (κ3) is 5.09. The number of aliphatic imine (C=N–C) groups is 1. The van der Waals surface area contributed by atoms with Crippen LogP contribution in [0.15, 0.2) is 41.4 Å². The highest BCUT2D eigenvalue weighted by atomic mass is 16.5. The first-order valence-electron chi connectivity index (χ1n) is 9.10. The minimum atomic E-state index is 0.735. The van der Waals surface area contributed by atoms with E-state index in [1.807, 2.05) is 6.07 Å². The number of rotatable bonds is 6. The fourth-order valence-corrected chi connectivity index (χ4v) is 3.07. The topological polar surface area (TPSA) is 58.1 Å². The molecule has 0 aliphatic carbocycles. The van der Waals surface area contributed by atoms with E-state index in [4.69, 9.17) is 9.47 Å². The Morgan fingerprint density at radius 1 is 1.12 bits per heavy atom. The number of fused-ring (bicyclic) bond motifs is 1. The first kappa shape index (κ1) is 18.5. The molecule has 0 amide bonds. The Morgan fingerprint density at radius 2 is 1.88 bits per heavy atom. The Balaban J connectivity index is 1.49. The van der Waals surface area contributed by atoms with Crippen LogP contribution in [-0.4, -0.2) is 64.4 Å². The number of nitrogens with one attached hydrogen (secondary N) is 2. The SMILES string of the molecule is CN=C(NCCN1CCOCC1)NCc1ccc2cc(OC)ccc2c1. The van der Waals surface area contributed by atoms with Crippen molar-refractivity contribution in [2.45, 2.75) is 6.54 Å². The largest absolute Gasteiger partial charge is 0.497 e. The predicted octanol–water partition coefficient (Wildman–Crippen LogP) is 1.85. The number of morpholine rings is 1. The van der Waals surface area contributed by atoms with E-state index in [1.54, 1.807) is 14.2 Å². The lowest BCUT2D eigenvalue weighted by Gasteiger charge is -2.26. The van der Waals surface area contributed by atoms with Gasteiger partial charge in [0, 0.05) is 39.8 Å². The third-order valence-corrected chi connectivity index (χ3v) is 4.62. The van der Waals surface area contributed by atoms with Crippen molar-refractivity contribution in [2.75, 3.05) is 53.6 Å². The van der Waals surface area contributed by atoms with E-state index in [9.17, 15) is 0 Å². The molecule has 0 atom stereocenters. The lowest BCUT2D eigenvalue weighted by Crippen LogP contribution is -2.44. The van der Waals surface area contributed by atoms with E-state index < -0.39 is 0 Å². The van der Waals surface area contributed by atoms with Crippen molar-refractivity contribution in [3.05, 3.63) is 42.0 Å². The molecule has 1 aliphatic rings. The number of methoxy groups -OCH3 is 1. The molecule has 1 fully saturated rings. The monoisotopic (exact) mass is 356 g/mol. The number of hydrogen-bond donors (Lipinski definition) is 2. The van der Waals surface area contributed by atoms with E-state index in [0.29, 0.717) is 0 Å². The van der Waals surface area contributed by atoms with Crippen LogP contribution >= 0.6 is 0 Å². The fourth-order valence-electron chi connectivity index (χ4n) is 3.07. The van der Waals surface area contributed by atoms with Gasteiger partial charge >= 0.3 is 0 Å². The van der Waals surface area contributed by atoms with Gasteiger partial charge in [-0.3, -0.25) is 9.89 Å². The summed E-state index contributed by atoms with van der Waals surface area (Å²) in [7, 11) is 3.49. The molecule has 2 aromatic rings. The van der Waals surface area contributed by atoms with Gasteiger partial charge in [0.25, 0.3) is 0 Å². The molecule has 1 heterocycles. The fraction of sp³-hybridized carbons (Fsp3) is 0.450. The molecule has 6 heteroatoms. The number of ether oxygens (including phenoxy) is 2. The van der Waals surface area contributed by atoms with Crippen molar-refractivity contribution in [1.29, 1.82) is 0 Å². The van der Waals surface area contributed by atoms with Crippen LogP contribution in [-0.2, 0) is 11.3 Å². The van der Waals surface area contributed by atoms with E-state index >= 15 is 0 Å². The van der Waals surface area contributed by atoms with Gasteiger partial charge in [0.1, 0.15) is 5.75 Å². The van der Waals surface area contributed by atoms with Crippen molar-refractivity contribution in [3.63, 3.8) is 0 Å². The van der Waals surface area contributed by atoms with E-state index in [1.165, 1.54) is 16.3 Å². The average molecular weight is 356 g/mol. The van der Waals surface area contributed by atoms with E-state index in [-0.39, 0.29) is 0 Å². The first-order chi connectivity index (χ1) is 12.8. The minimum absolute atomic E-state index is 0.735. The van der Waals surface area contributed by atoms with Gasteiger partial charge in [-0.25, -0.2) is 0 Å². The van der Waals surface area contributed by atoms with E-state index in [0.717, 1.165) is 57.6 Å². The van der Waals surface area contributed by atoms with Crippen molar-refractivity contribution in [1.82, 2.24) is 15.5 Å². The molecule has 0 unspecified atom stereocenters. The van der Waals surface area contributed by atoms with Gasteiger partial charge in [0.2, 0.25) is 0 Å². The second kappa shape index (κ2) is 9.40. The number of guanidine groups is 1. The lowest BCUT2D eigenvalue weighted by atomic mass is 10.1. The maximum absolute atomic E-state index is 5.37. The van der Waals surface area contributed by atoms with Crippen LogP contribution in [0.25, 0.3) is 10.8 Å². The third-order valence-electron chi connectivity index (χ3n) is 4.62. The minimum Gasteiger partial charge on any atom is -0.497 e. The molecule has 140 valence electrons.